The number of carboxylic acid groups (broad SMARTS) is 2. The van der Waals surface area contributed by atoms with Crippen molar-refractivity contribution in [2.24, 2.45) is 0 Å². The van der Waals surface area contributed by atoms with Crippen LogP contribution in [0, 0.1) is 40.5 Å². The number of nitrogens with zero attached hydrogens (tertiary/aromatic N) is 4. The molecule has 0 radical (unpaired) electrons. The Morgan fingerprint density at radius 3 is 0.960 bits per heavy atom. The van der Waals surface area contributed by atoms with E-state index in [0.29, 0.717) is 12.1 Å². The summed E-state index contributed by atoms with van der Waals surface area (Å²) in [6, 6.07) is 17.5. The van der Waals surface area contributed by atoms with E-state index in [4.69, 9.17) is 0 Å². The van der Waals surface area contributed by atoms with Crippen molar-refractivity contribution >= 4 is 46.5 Å². The van der Waals surface area contributed by atoms with Crippen LogP contribution in [-0.4, -0.2) is 53.7 Å². The van der Waals surface area contributed by atoms with Crippen LogP contribution >= 0.6 is 0 Å². The lowest BCUT2D eigenvalue weighted by Gasteiger charge is -2.14. The van der Waals surface area contributed by atoms with Gasteiger partial charge < -0.3 is 20.8 Å². The maximum Gasteiger partial charge on any atom is 0.330 e. The number of amides is 2. The number of aliphatic carboxylic acids is 2. The highest BCUT2D eigenvalue weighted by atomic mass is 16.6. The minimum Gasteiger partial charge on any atom is -0.479 e. The Kier molecular flexibility index (Phi) is 12.0. The van der Waals surface area contributed by atoms with Gasteiger partial charge in [0, 0.05) is 24.3 Å². The number of non-ortho nitro benzene ring substituents is 4. The summed E-state index contributed by atoms with van der Waals surface area (Å²) in [5.41, 5.74) is -2.80. The number of hydrogen-bond acceptors (Lipinski definition) is 12. The highest BCUT2D eigenvalue weighted by Gasteiger charge is 2.27. The number of carboxylic acids is 2. The Morgan fingerprint density at radius 1 is 0.480 bits per heavy atom. The van der Waals surface area contributed by atoms with Gasteiger partial charge in [-0.25, -0.2) is 9.59 Å². The molecule has 0 bridgehead atoms. The summed E-state index contributed by atoms with van der Waals surface area (Å²) in [7, 11) is 0. The van der Waals surface area contributed by atoms with Crippen molar-refractivity contribution in [1.29, 1.82) is 0 Å². The summed E-state index contributed by atoms with van der Waals surface area (Å²) in [5, 5.41) is 66.4. The molecule has 0 aliphatic rings. The second-order valence-corrected chi connectivity index (χ2v) is 9.82. The molecule has 4 aromatic rings. The van der Waals surface area contributed by atoms with Crippen LogP contribution in [0.15, 0.2) is 97.1 Å². The Hall–Kier alpha value is -7.64. The molecule has 4 aromatic carbocycles. The molecule has 0 saturated heterocycles. The summed E-state index contributed by atoms with van der Waals surface area (Å²) in [6.07, 6.45) is 0. The van der Waals surface area contributed by atoms with Crippen molar-refractivity contribution in [2.45, 2.75) is 12.1 Å². The topological polar surface area (TPSA) is 305 Å². The minimum absolute atomic E-state index is 0.281. The Balaban J connectivity index is 0.000000270. The molecule has 0 heterocycles. The van der Waals surface area contributed by atoms with Crippen molar-refractivity contribution in [3.05, 3.63) is 160 Å². The molecule has 4 N–H and O–H groups in total. The van der Waals surface area contributed by atoms with Gasteiger partial charge in [-0.3, -0.25) is 50.0 Å². The third-order valence-corrected chi connectivity index (χ3v) is 6.48. The zero-order chi connectivity index (χ0) is 37.1. The maximum atomic E-state index is 12.3. The van der Waals surface area contributed by atoms with Crippen LogP contribution in [0.3, 0.4) is 0 Å². The van der Waals surface area contributed by atoms with E-state index in [-0.39, 0.29) is 22.3 Å². The van der Waals surface area contributed by atoms with Gasteiger partial charge in [-0.2, -0.15) is 0 Å². The van der Waals surface area contributed by atoms with E-state index in [9.17, 15) is 69.8 Å². The van der Waals surface area contributed by atoms with Crippen molar-refractivity contribution in [2.75, 3.05) is 0 Å². The van der Waals surface area contributed by atoms with Gasteiger partial charge in [-0.15, -0.1) is 0 Å². The minimum atomic E-state index is -1.41. The fourth-order valence-corrected chi connectivity index (χ4v) is 4.17. The fraction of sp³-hybridized carbons (Fsp3) is 0.0667. The Bertz CT molecular complexity index is 1780. The van der Waals surface area contributed by atoms with Gasteiger partial charge in [0.05, 0.1) is 43.0 Å². The average Bonchev–Trinajstić information content (AvgIpc) is 3.09. The molecule has 0 fully saturated rings. The first kappa shape index (κ1) is 36.8. The van der Waals surface area contributed by atoms with E-state index >= 15 is 0 Å². The fourth-order valence-electron chi connectivity index (χ4n) is 4.17. The lowest BCUT2D eigenvalue weighted by atomic mass is 10.1. The van der Waals surface area contributed by atoms with E-state index in [2.05, 4.69) is 10.6 Å². The first-order valence-electron chi connectivity index (χ1n) is 13.6. The van der Waals surface area contributed by atoms with Crippen LogP contribution in [0.25, 0.3) is 0 Å². The van der Waals surface area contributed by atoms with Gasteiger partial charge in [-0.05, 0) is 11.1 Å². The predicted octanol–water partition coefficient (Wildman–Crippen LogP) is 4.12. The average molecular weight is 691 g/mol. The number of rotatable bonds is 12. The van der Waals surface area contributed by atoms with Crippen molar-refractivity contribution in [1.82, 2.24) is 10.6 Å². The molecule has 50 heavy (non-hydrogen) atoms. The molecular formula is C30H22N6O14. The molecule has 0 aliphatic carbocycles. The summed E-state index contributed by atoms with van der Waals surface area (Å²) in [6.45, 7) is 0. The predicted molar refractivity (Wildman–Crippen MR) is 168 cm³/mol. The van der Waals surface area contributed by atoms with Crippen molar-refractivity contribution in [3.8, 4) is 0 Å². The lowest BCUT2D eigenvalue weighted by molar-refractivity contribution is -0.394. The number of hydrogen-bond donors (Lipinski definition) is 4. The second kappa shape index (κ2) is 16.3. The van der Waals surface area contributed by atoms with E-state index in [1.54, 1.807) is 36.4 Å². The van der Waals surface area contributed by atoms with Crippen LogP contribution in [0.5, 0.6) is 0 Å². The molecule has 256 valence electrons. The van der Waals surface area contributed by atoms with Gasteiger partial charge in [0.1, 0.15) is 0 Å². The molecule has 0 saturated carbocycles. The molecule has 4 rings (SSSR count). The highest BCUT2D eigenvalue weighted by Crippen LogP contribution is 2.25. The molecule has 2 amide bonds. The number of nitro groups is 4. The molecule has 0 aromatic heterocycles. The van der Waals surface area contributed by atoms with Gasteiger partial charge >= 0.3 is 11.9 Å². The number of carbonyl (C=O) groups excluding carboxylic acids is 2. The summed E-state index contributed by atoms with van der Waals surface area (Å²) >= 11 is 0. The van der Waals surface area contributed by atoms with Crippen LogP contribution in [-0.2, 0) is 9.59 Å². The maximum absolute atomic E-state index is 12.3. The monoisotopic (exact) mass is 690 g/mol. The Morgan fingerprint density at radius 2 is 0.740 bits per heavy atom. The smallest absolute Gasteiger partial charge is 0.330 e. The third kappa shape index (κ3) is 9.68. The largest absolute Gasteiger partial charge is 0.479 e. The summed E-state index contributed by atoms with van der Waals surface area (Å²) < 4.78 is 0. The van der Waals surface area contributed by atoms with Gasteiger partial charge in [-0.1, -0.05) is 60.7 Å². The molecular weight excluding hydrogens is 668 g/mol. The summed E-state index contributed by atoms with van der Waals surface area (Å²) in [4.78, 5) is 87.2. The van der Waals surface area contributed by atoms with Crippen LogP contribution in [0.4, 0.5) is 22.7 Å². The van der Waals surface area contributed by atoms with Crippen LogP contribution < -0.4 is 10.6 Å². The first-order chi connectivity index (χ1) is 23.6. The molecule has 0 unspecified atom stereocenters. The quantitative estimate of drug-likeness (QED) is 0.120. The number of benzene rings is 4. The molecule has 0 aliphatic heterocycles. The zero-order valence-electron chi connectivity index (χ0n) is 25.0. The molecule has 0 spiro atoms. The molecule has 2 atom stereocenters. The van der Waals surface area contributed by atoms with Gasteiger partial charge in [0.15, 0.2) is 12.1 Å². The SMILES string of the molecule is O=C(N[C@@H](C(=O)O)c1ccccc1)c1cc([N+](=O)[O-])cc([N+](=O)[O-])c1.O=C(N[C@H](C(=O)O)c1ccccc1)c1cc([N+](=O)[O-])cc([N+](=O)[O-])c1. The Labute approximate surface area is 278 Å². The van der Waals surface area contributed by atoms with Crippen molar-refractivity contribution < 1.29 is 49.1 Å². The normalized spacial score (nSPS) is 11.4. The first-order valence-corrected chi connectivity index (χ1v) is 13.6. The highest BCUT2D eigenvalue weighted by molar-refractivity contribution is 5.98. The van der Waals surface area contributed by atoms with Gasteiger partial charge in [0.2, 0.25) is 0 Å². The van der Waals surface area contributed by atoms with Gasteiger partial charge in [0.25, 0.3) is 34.6 Å². The molecule has 20 heteroatoms. The van der Waals surface area contributed by atoms with Crippen LogP contribution in [0.1, 0.15) is 43.9 Å². The third-order valence-electron chi connectivity index (χ3n) is 6.48. The second-order valence-electron chi connectivity index (χ2n) is 9.82. The van der Waals surface area contributed by atoms with Crippen molar-refractivity contribution in [3.63, 3.8) is 0 Å². The van der Waals surface area contributed by atoms with E-state index in [0.717, 1.165) is 24.3 Å². The van der Waals surface area contributed by atoms with E-state index < -0.39 is 78.3 Å². The standard InChI is InChI=1S/2C15H11N3O7/c2*19-14(16-13(15(20)21)9-4-2-1-3-5-9)10-6-11(17(22)23)8-12(7-10)18(24)25/h2*1-8,13H,(H,16,19)(H,20,21)/t2*13-/m10/s1. The summed E-state index contributed by atoms with van der Waals surface area (Å²) in [5.74, 6) is -4.66. The molecule has 20 nitrogen and oxygen atoms in total. The van der Waals surface area contributed by atoms with E-state index in [1.807, 2.05) is 0 Å². The lowest BCUT2D eigenvalue weighted by Crippen LogP contribution is -2.33. The van der Waals surface area contributed by atoms with E-state index in [1.165, 1.54) is 24.3 Å². The number of carbonyl (C=O) groups is 4. The zero-order valence-corrected chi connectivity index (χ0v) is 25.0. The number of nitro benzene ring substituents is 4. The van der Waals surface area contributed by atoms with Crippen LogP contribution in [0.2, 0.25) is 0 Å². The number of nitrogens with one attached hydrogen (secondary N) is 2.